The average molecular weight is 322 g/mol. The maximum Gasteiger partial charge on any atom is 0.410 e. The first-order valence-corrected chi connectivity index (χ1v) is 7.97. The Morgan fingerprint density at radius 1 is 1.26 bits per heavy atom. The molecule has 0 saturated carbocycles. The Bertz CT molecular complexity index is 546. The van der Waals surface area contributed by atoms with E-state index >= 15 is 0 Å². The summed E-state index contributed by atoms with van der Waals surface area (Å²) in [5.41, 5.74) is 0.447. The van der Waals surface area contributed by atoms with Crippen molar-refractivity contribution in [1.29, 1.82) is 0 Å². The zero-order valence-electron chi connectivity index (χ0n) is 14.0. The van der Waals surface area contributed by atoms with Crippen LogP contribution >= 0.6 is 0 Å². The van der Waals surface area contributed by atoms with Gasteiger partial charge in [-0.05, 0) is 51.3 Å². The maximum atomic E-state index is 12.0. The van der Waals surface area contributed by atoms with Gasteiger partial charge in [-0.1, -0.05) is 6.07 Å². The molecule has 0 aromatic heterocycles. The molecular weight excluding hydrogens is 296 g/mol. The quantitative estimate of drug-likeness (QED) is 0.745. The van der Waals surface area contributed by atoms with E-state index in [9.17, 15) is 15.0 Å². The predicted octanol–water partition coefficient (Wildman–Crippen LogP) is 2.59. The molecule has 1 saturated heterocycles. The van der Waals surface area contributed by atoms with E-state index in [2.05, 4.69) is 5.32 Å². The molecule has 2 rings (SSSR count). The molecule has 1 fully saturated rings. The smallest absolute Gasteiger partial charge is 0.410 e. The molecule has 1 aromatic rings. The van der Waals surface area contributed by atoms with Crippen molar-refractivity contribution in [1.82, 2.24) is 10.2 Å². The van der Waals surface area contributed by atoms with Gasteiger partial charge in [0.05, 0.1) is 0 Å². The van der Waals surface area contributed by atoms with Gasteiger partial charge < -0.3 is 25.2 Å². The number of rotatable bonds is 3. The first-order chi connectivity index (χ1) is 10.7. The van der Waals surface area contributed by atoms with Gasteiger partial charge in [-0.2, -0.15) is 0 Å². The number of benzene rings is 1. The standard InChI is InChI=1S/C17H26N2O4/c1-17(2,3)23-16(22)19-8-6-13(7-9-19)18-11-12-4-5-14(20)15(21)10-12/h4-5,10,13,18,20-21H,6-9,11H2,1-3H3. The van der Waals surface area contributed by atoms with Crippen molar-refractivity contribution in [2.24, 2.45) is 0 Å². The molecule has 0 bridgehead atoms. The van der Waals surface area contributed by atoms with Crippen LogP contribution in [0.4, 0.5) is 4.79 Å². The molecule has 6 heteroatoms. The average Bonchev–Trinajstić information content (AvgIpc) is 2.47. The Hall–Kier alpha value is -1.95. The van der Waals surface area contributed by atoms with E-state index in [1.54, 1.807) is 17.0 Å². The summed E-state index contributed by atoms with van der Waals surface area (Å²) in [5, 5.41) is 22.2. The normalized spacial score (nSPS) is 16.4. The molecule has 0 spiro atoms. The number of phenolic OH excluding ortho intramolecular Hbond substituents is 2. The van der Waals surface area contributed by atoms with Crippen molar-refractivity contribution in [2.45, 2.75) is 51.8 Å². The fourth-order valence-corrected chi connectivity index (χ4v) is 2.53. The molecule has 0 aliphatic carbocycles. The van der Waals surface area contributed by atoms with Crippen LogP contribution in [-0.4, -0.2) is 45.9 Å². The molecule has 1 aliphatic heterocycles. The van der Waals surface area contributed by atoms with Gasteiger partial charge in [0.2, 0.25) is 0 Å². The zero-order valence-corrected chi connectivity index (χ0v) is 14.0. The molecule has 0 radical (unpaired) electrons. The summed E-state index contributed by atoms with van der Waals surface area (Å²) in [4.78, 5) is 13.7. The van der Waals surface area contributed by atoms with Crippen molar-refractivity contribution in [2.75, 3.05) is 13.1 Å². The van der Waals surface area contributed by atoms with Crippen molar-refractivity contribution in [3.8, 4) is 11.5 Å². The van der Waals surface area contributed by atoms with Gasteiger partial charge in [-0.25, -0.2) is 4.79 Å². The van der Waals surface area contributed by atoms with E-state index in [0.29, 0.717) is 25.7 Å². The summed E-state index contributed by atoms with van der Waals surface area (Å²) < 4.78 is 5.38. The Morgan fingerprint density at radius 3 is 2.48 bits per heavy atom. The van der Waals surface area contributed by atoms with E-state index in [1.165, 1.54) is 6.07 Å². The highest BCUT2D eigenvalue weighted by molar-refractivity contribution is 5.68. The first kappa shape index (κ1) is 17.4. The number of hydrogen-bond donors (Lipinski definition) is 3. The number of piperidine rings is 1. The number of nitrogens with one attached hydrogen (secondary N) is 1. The van der Waals surface area contributed by atoms with Crippen LogP contribution in [-0.2, 0) is 11.3 Å². The van der Waals surface area contributed by atoms with Crippen LogP contribution < -0.4 is 5.32 Å². The Kier molecular flexibility index (Phi) is 5.36. The third kappa shape index (κ3) is 5.32. The molecule has 3 N–H and O–H groups in total. The summed E-state index contributed by atoms with van der Waals surface area (Å²) in [6.07, 6.45) is 1.48. The van der Waals surface area contributed by atoms with Crippen LogP contribution in [0.15, 0.2) is 18.2 Å². The van der Waals surface area contributed by atoms with Crippen molar-refractivity contribution in [3.05, 3.63) is 23.8 Å². The number of phenols is 2. The molecule has 128 valence electrons. The topological polar surface area (TPSA) is 82.0 Å². The summed E-state index contributed by atoms with van der Waals surface area (Å²) in [7, 11) is 0. The molecule has 1 heterocycles. The summed E-state index contributed by atoms with van der Waals surface area (Å²) in [5.74, 6) is -0.219. The van der Waals surface area contributed by atoms with E-state index in [0.717, 1.165) is 18.4 Å². The van der Waals surface area contributed by atoms with Crippen LogP contribution in [0.3, 0.4) is 0 Å². The highest BCUT2D eigenvalue weighted by Gasteiger charge is 2.26. The van der Waals surface area contributed by atoms with Gasteiger partial charge in [-0.15, -0.1) is 0 Å². The van der Waals surface area contributed by atoms with Gasteiger partial charge in [0.25, 0.3) is 0 Å². The minimum Gasteiger partial charge on any atom is -0.504 e. The third-order valence-corrected chi connectivity index (χ3v) is 3.78. The second kappa shape index (κ2) is 7.08. The number of amides is 1. The Morgan fingerprint density at radius 2 is 1.91 bits per heavy atom. The largest absolute Gasteiger partial charge is 0.504 e. The van der Waals surface area contributed by atoms with Crippen molar-refractivity contribution < 1.29 is 19.7 Å². The van der Waals surface area contributed by atoms with Gasteiger partial charge in [-0.3, -0.25) is 0 Å². The van der Waals surface area contributed by atoms with Crippen LogP contribution in [0.25, 0.3) is 0 Å². The molecule has 23 heavy (non-hydrogen) atoms. The lowest BCUT2D eigenvalue weighted by molar-refractivity contribution is 0.0198. The minimum absolute atomic E-state index is 0.107. The fourth-order valence-electron chi connectivity index (χ4n) is 2.53. The van der Waals surface area contributed by atoms with Crippen LogP contribution in [0.5, 0.6) is 11.5 Å². The number of aromatic hydroxyl groups is 2. The third-order valence-electron chi connectivity index (χ3n) is 3.78. The molecule has 1 aromatic carbocycles. The van der Waals surface area contributed by atoms with Crippen LogP contribution in [0.1, 0.15) is 39.2 Å². The lowest BCUT2D eigenvalue weighted by atomic mass is 10.0. The molecule has 6 nitrogen and oxygen atoms in total. The summed E-state index contributed by atoms with van der Waals surface area (Å²) in [6.45, 7) is 7.57. The monoisotopic (exact) mass is 322 g/mol. The molecule has 1 amide bonds. The van der Waals surface area contributed by atoms with Gasteiger partial charge in [0.15, 0.2) is 11.5 Å². The number of likely N-dealkylation sites (tertiary alicyclic amines) is 1. The lowest BCUT2D eigenvalue weighted by Gasteiger charge is -2.33. The van der Waals surface area contributed by atoms with E-state index in [-0.39, 0.29) is 17.6 Å². The van der Waals surface area contributed by atoms with E-state index < -0.39 is 5.60 Å². The second-order valence-corrected chi connectivity index (χ2v) is 6.95. The molecular formula is C17H26N2O4. The lowest BCUT2D eigenvalue weighted by Crippen LogP contribution is -2.46. The fraction of sp³-hybridized carbons (Fsp3) is 0.588. The van der Waals surface area contributed by atoms with Gasteiger partial charge in [0, 0.05) is 25.7 Å². The number of hydrogen-bond acceptors (Lipinski definition) is 5. The maximum absolute atomic E-state index is 12.0. The van der Waals surface area contributed by atoms with Gasteiger partial charge in [0.1, 0.15) is 5.60 Å². The number of ether oxygens (including phenoxy) is 1. The number of nitrogens with zero attached hydrogens (tertiary/aromatic N) is 1. The summed E-state index contributed by atoms with van der Waals surface area (Å²) in [6, 6.07) is 5.14. The van der Waals surface area contributed by atoms with E-state index in [4.69, 9.17) is 4.74 Å². The van der Waals surface area contributed by atoms with E-state index in [1.807, 2.05) is 20.8 Å². The molecule has 0 unspecified atom stereocenters. The Labute approximate surface area is 137 Å². The first-order valence-electron chi connectivity index (χ1n) is 7.97. The Balaban J connectivity index is 1.76. The predicted molar refractivity (Wildman–Crippen MR) is 87.4 cm³/mol. The highest BCUT2D eigenvalue weighted by Crippen LogP contribution is 2.25. The minimum atomic E-state index is -0.465. The number of carbonyl (C=O) groups is 1. The zero-order chi connectivity index (χ0) is 17.0. The van der Waals surface area contributed by atoms with Crippen molar-refractivity contribution in [3.63, 3.8) is 0 Å². The SMILES string of the molecule is CC(C)(C)OC(=O)N1CCC(NCc2ccc(O)c(O)c2)CC1. The second-order valence-electron chi connectivity index (χ2n) is 6.95. The van der Waals surface area contributed by atoms with Crippen LogP contribution in [0, 0.1) is 0 Å². The highest BCUT2D eigenvalue weighted by atomic mass is 16.6. The van der Waals surface area contributed by atoms with Gasteiger partial charge >= 0.3 is 6.09 Å². The summed E-state index contributed by atoms with van der Waals surface area (Å²) >= 11 is 0. The molecule has 0 atom stereocenters. The number of carbonyl (C=O) groups excluding carboxylic acids is 1. The van der Waals surface area contributed by atoms with Crippen LogP contribution in [0.2, 0.25) is 0 Å². The molecule has 1 aliphatic rings. The van der Waals surface area contributed by atoms with Crippen molar-refractivity contribution >= 4 is 6.09 Å².